The highest BCUT2D eigenvalue weighted by atomic mass is 32.2. The Morgan fingerprint density at radius 3 is 2.71 bits per heavy atom. The first-order valence-corrected chi connectivity index (χ1v) is 7.65. The largest absolute Gasteiger partial charge is 0.378 e. The van der Waals surface area contributed by atoms with Gasteiger partial charge in [-0.2, -0.15) is 5.10 Å². The van der Waals surface area contributed by atoms with Gasteiger partial charge in [0.15, 0.2) is 5.16 Å². The van der Waals surface area contributed by atoms with Gasteiger partial charge in [-0.05, 0) is 17.7 Å². The maximum absolute atomic E-state index is 11.8. The molecule has 1 aromatic heterocycles. The molecule has 0 radical (unpaired) electrons. The number of H-pyrrole nitrogens is 1. The fraction of sp³-hybridized carbons (Fsp3) is 0.357. The Kier molecular flexibility index (Phi) is 5.62. The summed E-state index contributed by atoms with van der Waals surface area (Å²) in [6.45, 7) is 0.611. The summed E-state index contributed by atoms with van der Waals surface area (Å²) >= 11 is 1.53. The third-order valence-electron chi connectivity index (χ3n) is 2.87. The van der Waals surface area contributed by atoms with Gasteiger partial charge in [-0.3, -0.25) is 9.89 Å². The Morgan fingerprint density at radius 1 is 1.33 bits per heavy atom. The number of carbonyl (C=O) groups excluding carboxylic acids is 1. The van der Waals surface area contributed by atoms with Gasteiger partial charge in [-0.15, -0.1) is 0 Å². The number of benzene rings is 1. The molecule has 1 aromatic carbocycles. The van der Waals surface area contributed by atoms with Gasteiger partial charge in [0, 0.05) is 32.1 Å². The number of hydrogen-bond acceptors (Lipinski definition) is 5. The van der Waals surface area contributed by atoms with E-state index >= 15 is 0 Å². The fourth-order valence-corrected chi connectivity index (χ4v) is 2.40. The van der Waals surface area contributed by atoms with E-state index in [2.05, 4.69) is 20.5 Å². The molecule has 0 aliphatic heterocycles. The van der Waals surface area contributed by atoms with Crippen molar-refractivity contribution in [3.8, 4) is 0 Å². The molecule has 0 saturated carbocycles. The van der Waals surface area contributed by atoms with E-state index in [1.54, 1.807) is 0 Å². The second-order valence-electron chi connectivity index (χ2n) is 4.73. The zero-order valence-corrected chi connectivity index (χ0v) is 13.0. The molecule has 0 atom stereocenters. The highest BCUT2D eigenvalue weighted by Gasteiger charge is 2.04. The third-order valence-corrected chi connectivity index (χ3v) is 3.75. The van der Waals surface area contributed by atoms with Crippen molar-refractivity contribution in [3.05, 3.63) is 36.2 Å². The number of amides is 1. The number of aromatic amines is 1. The van der Waals surface area contributed by atoms with Gasteiger partial charge in [0.25, 0.3) is 0 Å². The smallest absolute Gasteiger partial charge is 0.224 e. The number of rotatable bonds is 7. The van der Waals surface area contributed by atoms with Crippen LogP contribution in [0.1, 0.15) is 5.56 Å². The highest BCUT2D eigenvalue weighted by molar-refractivity contribution is 7.99. The number of nitrogens with one attached hydrogen (secondary N) is 2. The predicted molar refractivity (Wildman–Crippen MR) is 84.6 cm³/mol. The van der Waals surface area contributed by atoms with E-state index < -0.39 is 0 Å². The lowest BCUT2D eigenvalue weighted by atomic mass is 10.1. The van der Waals surface area contributed by atoms with Gasteiger partial charge in [-0.25, -0.2) is 4.98 Å². The molecule has 0 saturated heterocycles. The molecule has 0 unspecified atom stereocenters. The summed E-state index contributed by atoms with van der Waals surface area (Å²) in [5.41, 5.74) is 2.14. The summed E-state index contributed by atoms with van der Waals surface area (Å²) in [7, 11) is 3.99. The lowest BCUT2D eigenvalue weighted by Crippen LogP contribution is -2.27. The second kappa shape index (κ2) is 7.68. The Bertz CT molecular complexity index is 553. The maximum atomic E-state index is 11.8. The molecule has 0 aliphatic rings. The van der Waals surface area contributed by atoms with Crippen LogP contribution in [-0.2, 0) is 11.2 Å². The van der Waals surface area contributed by atoms with E-state index in [-0.39, 0.29) is 5.91 Å². The van der Waals surface area contributed by atoms with Crippen LogP contribution in [0.3, 0.4) is 0 Å². The van der Waals surface area contributed by atoms with Crippen molar-refractivity contribution in [1.29, 1.82) is 0 Å². The topological polar surface area (TPSA) is 73.9 Å². The Labute approximate surface area is 128 Å². The number of carbonyl (C=O) groups is 1. The molecule has 0 fully saturated rings. The van der Waals surface area contributed by atoms with Crippen LogP contribution in [0.15, 0.2) is 35.7 Å². The average Bonchev–Trinajstić information content (AvgIpc) is 2.97. The van der Waals surface area contributed by atoms with E-state index in [9.17, 15) is 4.79 Å². The van der Waals surface area contributed by atoms with Crippen molar-refractivity contribution in [2.75, 3.05) is 31.3 Å². The molecular weight excluding hydrogens is 286 g/mol. The lowest BCUT2D eigenvalue weighted by molar-refractivity contribution is -0.120. The molecule has 0 aliphatic carbocycles. The Balaban J connectivity index is 1.69. The van der Waals surface area contributed by atoms with Crippen molar-refractivity contribution in [2.24, 2.45) is 0 Å². The molecule has 1 amide bonds. The van der Waals surface area contributed by atoms with Crippen LogP contribution in [0.4, 0.5) is 5.69 Å². The molecule has 2 rings (SSSR count). The normalized spacial score (nSPS) is 10.4. The van der Waals surface area contributed by atoms with Crippen LogP contribution in [0.5, 0.6) is 0 Å². The molecule has 0 bridgehead atoms. The molecule has 6 nitrogen and oxygen atoms in total. The maximum Gasteiger partial charge on any atom is 0.224 e. The van der Waals surface area contributed by atoms with E-state index in [1.807, 2.05) is 43.3 Å². The summed E-state index contributed by atoms with van der Waals surface area (Å²) in [6, 6.07) is 8.00. The van der Waals surface area contributed by atoms with Gasteiger partial charge in [0.05, 0.1) is 6.42 Å². The number of hydrogen-bond donors (Lipinski definition) is 2. The number of anilines is 1. The van der Waals surface area contributed by atoms with Gasteiger partial charge >= 0.3 is 0 Å². The third kappa shape index (κ3) is 5.11. The summed E-state index contributed by atoms with van der Waals surface area (Å²) in [5, 5.41) is 10.2. The Hall–Kier alpha value is -2.02. The van der Waals surface area contributed by atoms with Crippen LogP contribution in [0.2, 0.25) is 0 Å². The molecule has 112 valence electrons. The van der Waals surface area contributed by atoms with Gasteiger partial charge < -0.3 is 10.2 Å². The first-order chi connectivity index (χ1) is 10.1. The first kappa shape index (κ1) is 15.4. The first-order valence-electron chi connectivity index (χ1n) is 6.66. The number of nitrogens with zero attached hydrogens (tertiary/aromatic N) is 3. The van der Waals surface area contributed by atoms with Crippen LogP contribution >= 0.6 is 11.8 Å². The Morgan fingerprint density at radius 2 is 2.10 bits per heavy atom. The van der Waals surface area contributed by atoms with E-state index in [0.29, 0.717) is 13.0 Å². The molecule has 0 spiro atoms. The monoisotopic (exact) mass is 305 g/mol. The van der Waals surface area contributed by atoms with Gasteiger partial charge in [0.2, 0.25) is 5.91 Å². The zero-order chi connectivity index (χ0) is 15.1. The van der Waals surface area contributed by atoms with Crippen molar-refractivity contribution in [1.82, 2.24) is 20.5 Å². The standard InChI is InChI=1S/C14H19N5OS/c1-19(2)12-5-3-11(4-6-12)9-13(20)15-7-8-21-14-16-10-17-18-14/h3-6,10H,7-9H2,1-2H3,(H,15,20)(H,16,17,18). The van der Waals surface area contributed by atoms with Crippen molar-refractivity contribution >= 4 is 23.4 Å². The summed E-state index contributed by atoms with van der Waals surface area (Å²) in [6.07, 6.45) is 1.87. The van der Waals surface area contributed by atoms with Crippen LogP contribution in [0, 0.1) is 0 Å². The summed E-state index contributed by atoms with van der Waals surface area (Å²) in [5.74, 6) is 0.798. The average molecular weight is 305 g/mol. The van der Waals surface area contributed by atoms with E-state index in [4.69, 9.17) is 0 Å². The number of thioether (sulfide) groups is 1. The SMILES string of the molecule is CN(C)c1ccc(CC(=O)NCCSc2ncn[nH]2)cc1. The molecule has 1 heterocycles. The minimum Gasteiger partial charge on any atom is -0.378 e. The van der Waals surface area contributed by atoms with Crippen molar-refractivity contribution in [3.63, 3.8) is 0 Å². The fourth-order valence-electron chi connectivity index (χ4n) is 1.76. The van der Waals surface area contributed by atoms with Crippen molar-refractivity contribution in [2.45, 2.75) is 11.6 Å². The van der Waals surface area contributed by atoms with Crippen LogP contribution in [-0.4, -0.2) is 47.5 Å². The molecule has 2 N–H and O–H groups in total. The quantitative estimate of drug-likeness (QED) is 0.596. The van der Waals surface area contributed by atoms with Gasteiger partial charge in [0.1, 0.15) is 6.33 Å². The predicted octanol–water partition coefficient (Wildman–Crippen LogP) is 1.32. The number of aromatic nitrogens is 3. The zero-order valence-electron chi connectivity index (χ0n) is 12.2. The summed E-state index contributed by atoms with van der Waals surface area (Å²) < 4.78 is 0. The lowest BCUT2D eigenvalue weighted by Gasteiger charge is -2.12. The molecule has 7 heteroatoms. The highest BCUT2D eigenvalue weighted by Crippen LogP contribution is 2.12. The van der Waals surface area contributed by atoms with Crippen LogP contribution in [0.25, 0.3) is 0 Å². The van der Waals surface area contributed by atoms with Crippen molar-refractivity contribution < 1.29 is 4.79 Å². The second-order valence-corrected chi connectivity index (χ2v) is 5.81. The van der Waals surface area contributed by atoms with E-state index in [0.717, 1.165) is 22.2 Å². The van der Waals surface area contributed by atoms with E-state index in [1.165, 1.54) is 18.1 Å². The minimum atomic E-state index is 0.0331. The molecular formula is C14H19N5OS. The summed E-state index contributed by atoms with van der Waals surface area (Å²) in [4.78, 5) is 17.9. The van der Waals surface area contributed by atoms with Crippen LogP contribution < -0.4 is 10.2 Å². The molecule has 2 aromatic rings. The molecule has 21 heavy (non-hydrogen) atoms. The van der Waals surface area contributed by atoms with Gasteiger partial charge in [-0.1, -0.05) is 23.9 Å². The minimum absolute atomic E-state index is 0.0331.